The average molecular weight is 379 g/mol. The summed E-state index contributed by atoms with van der Waals surface area (Å²) in [5.41, 5.74) is 1.39. The summed E-state index contributed by atoms with van der Waals surface area (Å²) in [7, 11) is 0. The average Bonchev–Trinajstić information content (AvgIpc) is 2.66. The lowest BCUT2D eigenvalue weighted by atomic mass is 9.62. The summed E-state index contributed by atoms with van der Waals surface area (Å²) in [5.74, 6) is -0.0750. The van der Waals surface area contributed by atoms with Crippen LogP contribution < -0.4 is 10.6 Å². The molecule has 2 N–H and O–H groups in total. The molecular formula is C24H30N2O2. The third-order valence-corrected chi connectivity index (χ3v) is 5.53. The number of amides is 2. The van der Waals surface area contributed by atoms with Crippen LogP contribution in [0.4, 0.5) is 0 Å². The minimum atomic E-state index is -0.0686. The molecule has 1 aliphatic rings. The van der Waals surface area contributed by atoms with Crippen LogP contribution in [-0.4, -0.2) is 24.4 Å². The van der Waals surface area contributed by atoms with Crippen LogP contribution in [0.1, 0.15) is 60.7 Å². The van der Waals surface area contributed by atoms with E-state index >= 15 is 0 Å². The minimum Gasteiger partial charge on any atom is -0.351 e. The van der Waals surface area contributed by atoms with Gasteiger partial charge in [0, 0.05) is 23.7 Å². The molecular weight excluding hydrogens is 348 g/mol. The van der Waals surface area contributed by atoms with Gasteiger partial charge in [-0.2, -0.15) is 0 Å². The molecule has 2 amide bonds. The minimum absolute atomic E-state index is 0.0287. The lowest BCUT2D eigenvalue weighted by molar-refractivity contribution is 0.0592. The van der Waals surface area contributed by atoms with Gasteiger partial charge in [-0.3, -0.25) is 9.59 Å². The van der Waals surface area contributed by atoms with E-state index in [0.29, 0.717) is 17.7 Å². The number of hydrogen-bond donors (Lipinski definition) is 2. The molecule has 0 saturated heterocycles. The second-order valence-electron chi connectivity index (χ2n) is 9.15. The molecule has 1 aliphatic carbocycles. The molecule has 0 heterocycles. The fourth-order valence-corrected chi connectivity index (χ4v) is 4.71. The molecule has 2 atom stereocenters. The number of benzene rings is 2. The molecule has 3 rings (SSSR count). The van der Waals surface area contributed by atoms with Crippen molar-refractivity contribution in [3.63, 3.8) is 0 Å². The third kappa shape index (κ3) is 5.22. The molecule has 0 spiro atoms. The lowest BCUT2D eigenvalue weighted by Gasteiger charge is -2.47. The Morgan fingerprint density at radius 3 is 1.96 bits per heavy atom. The van der Waals surface area contributed by atoms with Crippen LogP contribution in [-0.2, 0) is 0 Å². The van der Waals surface area contributed by atoms with E-state index in [-0.39, 0.29) is 28.7 Å². The zero-order chi connectivity index (χ0) is 20.2. The zero-order valence-corrected chi connectivity index (χ0v) is 17.0. The number of carbonyl (C=O) groups is 2. The molecule has 28 heavy (non-hydrogen) atoms. The van der Waals surface area contributed by atoms with Gasteiger partial charge in [-0.15, -0.1) is 0 Å². The highest BCUT2D eigenvalue weighted by Crippen LogP contribution is 2.45. The third-order valence-electron chi connectivity index (χ3n) is 5.53. The predicted molar refractivity (Wildman–Crippen MR) is 112 cm³/mol. The Labute approximate surface area is 167 Å². The summed E-state index contributed by atoms with van der Waals surface area (Å²) in [6.45, 7) is 7.29. The smallest absolute Gasteiger partial charge is 0.251 e. The molecule has 0 unspecified atom stereocenters. The number of carbonyl (C=O) groups excluding carboxylic acids is 2. The second kappa shape index (κ2) is 8.17. The van der Waals surface area contributed by atoms with Crippen molar-refractivity contribution in [3.8, 4) is 0 Å². The van der Waals surface area contributed by atoms with E-state index in [1.54, 1.807) is 0 Å². The molecule has 0 bridgehead atoms. The van der Waals surface area contributed by atoms with Crippen LogP contribution in [0.15, 0.2) is 60.7 Å². The van der Waals surface area contributed by atoms with Gasteiger partial charge >= 0.3 is 0 Å². The van der Waals surface area contributed by atoms with E-state index in [2.05, 4.69) is 31.4 Å². The second-order valence-corrected chi connectivity index (χ2v) is 9.15. The standard InChI is InChI=1S/C24H30N2O2/c1-23(2)14-20(26-22(28)19-12-8-5-9-13-19)15-24(3,16-23)17-25-21(27)18-10-6-4-7-11-18/h4-13,20H,14-17H2,1-3H3,(H,25,27)(H,26,28)/t20-,24+/m0/s1. The topological polar surface area (TPSA) is 58.2 Å². The van der Waals surface area contributed by atoms with Crippen LogP contribution in [0.5, 0.6) is 0 Å². The molecule has 0 radical (unpaired) electrons. The summed E-state index contributed by atoms with van der Waals surface area (Å²) in [6.07, 6.45) is 2.80. The molecule has 0 aromatic heterocycles. The lowest BCUT2D eigenvalue weighted by Crippen LogP contribution is -2.50. The van der Waals surface area contributed by atoms with Crippen LogP contribution in [0.2, 0.25) is 0 Å². The Hall–Kier alpha value is -2.62. The van der Waals surface area contributed by atoms with Gasteiger partial charge in [-0.25, -0.2) is 0 Å². The van der Waals surface area contributed by atoms with Crippen molar-refractivity contribution < 1.29 is 9.59 Å². The van der Waals surface area contributed by atoms with Gasteiger partial charge < -0.3 is 10.6 Å². The molecule has 1 saturated carbocycles. The normalized spacial score (nSPS) is 23.6. The predicted octanol–water partition coefficient (Wildman–Crippen LogP) is 4.43. The van der Waals surface area contributed by atoms with Gasteiger partial charge in [-0.1, -0.05) is 57.2 Å². The van der Waals surface area contributed by atoms with Crippen molar-refractivity contribution >= 4 is 11.8 Å². The van der Waals surface area contributed by atoms with E-state index in [0.717, 1.165) is 19.3 Å². The Morgan fingerprint density at radius 1 is 0.857 bits per heavy atom. The number of hydrogen-bond acceptors (Lipinski definition) is 2. The monoisotopic (exact) mass is 378 g/mol. The van der Waals surface area contributed by atoms with Crippen molar-refractivity contribution in [2.75, 3.05) is 6.54 Å². The summed E-state index contributed by atoms with van der Waals surface area (Å²) >= 11 is 0. The van der Waals surface area contributed by atoms with E-state index in [9.17, 15) is 9.59 Å². The van der Waals surface area contributed by atoms with E-state index < -0.39 is 0 Å². The summed E-state index contributed by atoms with van der Waals surface area (Å²) in [4.78, 5) is 25.1. The zero-order valence-electron chi connectivity index (χ0n) is 17.0. The van der Waals surface area contributed by atoms with Gasteiger partial charge in [0.25, 0.3) is 11.8 Å². The summed E-state index contributed by atoms with van der Waals surface area (Å²) in [6, 6.07) is 18.7. The Balaban J connectivity index is 1.65. The number of nitrogens with one attached hydrogen (secondary N) is 2. The molecule has 4 nitrogen and oxygen atoms in total. The molecule has 4 heteroatoms. The first-order valence-electron chi connectivity index (χ1n) is 9.96. The van der Waals surface area contributed by atoms with Gasteiger partial charge in [0.1, 0.15) is 0 Å². The van der Waals surface area contributed by atoms with E-state index in [1.807, 2.05) is 60.7 Å². The van der Waals surface area contributed by atoms with Crippen LogP contribution in [0.25, 0.3) is 0 Å². The van der Waals surface area contributed by atoms with Crippen LogP contribution >= 0.6 is 0 Å². The summed E-state index contributed by atoms with van der Waals surface area (Å²) < 4.78 is 0. The highest BCUT2D eigenvalue weighted by Gasteiger charge is 2.41. The van der Waals surface area contributed by atoms with Crippen molar-refractivity contribution in [1.29, 1.82) is 0 Å². The summed E-state index contributed by atoms with van der Waals surface area (Å²) in [5, 5.41) is 6.31. The van der Waals surface area contributed by atoms with Crippen molar-refractivity contribution in [2.24, 2.45) is 10.8 Å². The molecule has 1 fully saturated rings. The number of rotatable bonds is 5. The van der Waals surface area contributed by atoms with E-state index in [1.165, 1.54) is 0 Å². The van der Waals surface area contributed by atoms with Gasteiger partial charge in [-0.05, 0) is 54.4 Å². The highest BCUT2D eigenvalue weighted by molar-refractivity contribution is 5.94. The Kier molecular flexibility index (Phi) is 5.87. The Bertz CT molecular complexity index is 817. The molecule has 148 valence electrons. The quantitative estimate of drug-likeness (QED) is 0.808. The first kappa shape index (κ1) is 20.1. The fourth-order valence-electron chi connectivity index (χ4n) is 4.71. The first-order valence-corrected chi connectivity index (χ1v) is 9.96. The molecule has 2 aromatic rings. The SMILES string of the molecule is CC1(C)C[C@H](NC(=O)c2ccccc2)C[C@@](C)(CNC(=O)c2ccccc2)C1. The maximum absolute atomic E-state index is 12.6. The van der Waals surface area contributed by atoms with Crippen molar-refractivity contribution in [3.05, 3.63) is 71.8 Å². The highest BCUT2D eigenvalue weighted by atomic mass is 16.2. The molecule has 0 aliphatic heterocycles. The van der Waals surface area contributed by atoms with E-state index in [4.69, 9.17) is 0 Å². The van der Waals surface area contributed by atoms with Gasteiger partial charge in [0.15, 0.2) is 0 Å². The first-order chi connectivity index (χ1) is 13.3. The maximum Gasteiger partial charge on any atom is 0.251 e. The Morgan fingerprint density at radius 2 is 1.39 bits per heavy atom. The van der Waals surface area contributed by atoms with Crippen molar-refractivity contribution in [2.45, 2.75) is 46.1 Å². The van der Waals surface area contributed by atoms with Gasteiger partial charge in [0.05, 0.1) is 0 Å². The maximum atomic E-state index is 12.6. The van der Waals surface area contributed by atoms with Crippen LogP contribution in [0.3, 0.4) is 0 Å². The van der Waals surface area contributed by atoms with Crippen LogP contribution in [0, 0.1) is 10.8 Å². The largest absolute Gasteiger partial charge is 0.351 e. The van der Waals surface area contributed by atoms with Gasteiger partial charge in [0.2, 0.25) is 0 Å². The molecule has 2 aromatic carbocycles. The van der Waals surface area contributed by atoms with Crippen molar-refractivity contribution in [1.82, 2.24) is 10.6 Å². The fraction of sp³-hybridized carbons (Fsp3) is 0.417.